The van der Waals surface area contributed by atoms with Gasteiger partial charge < -0.3 is 5.11 Å². The Labute approximate surface area is 178 Å². The monoisotopic (exact) mass is 401 g/mol. The Morgan fingerprint density at radius 3 is 2.40 bits per heavy atom. The van der Waals surface area contributed by atoms with E-state index in [1.807, 2.05) is 36.5 Å². The quantitative estimate of drug-likeness (QED) is 0.314. The van der Waals surface area contributed by atoms with Crippen LogP contribution < -0.4 is 0 Å². The summed E-state index contributed by atoms with van der Waals surface area (Å²) in [6.45, 7) is 5.55. The number of unbranched alkanes of at least 4 members (excludes halogenated alkanes) is 1. The number of aliphatic hydroxyl groups is 1. The molecule has 0 spiro atoms. The molecule has 0 amide bonds. The lowest BCUT2D eigenvalue weighted by Gasteiger charge is -2.06. The third-order valence-corrected chi connectivity index (χ3v) is 5.02. The molecule has 0 fully saturated rings. The van der Waals surface area contributed by atoms with Crippen LogP contribution in [0.15, 0.2) is 79.5 Å². The minimum absolute atomic E-state index is 0.261. The summed E-state index contributed by atoms with van der Waals surface area (Å²) in [5.41, 5.74) is 5.42. The number of halogens is 1. The zero-order valence-corrected chi connectivity index (χ0v) is 17.4. The Balaban J connectivity index is 1.68. The minimum Gasteiger partial charge on any atom is -0.393 e. The van der Waals surface area contributed by atoms with Gasteiger partial charge >= 0.3 is 0 Å². The Kier molecular flexibility index (Phi) is 7.69. The van der Waals surface area contributed by atoms with Crippen molar-refractivity contribution in [3.63, 3.8) is 0 Å². The largest absolute Gasteiger partial charge is 0.393 e. The van der Waals surface area contributed by atoms with E-state index in [0.29, 0.717) is 5.56 Å². The van der Waals surface area contributed by atoms with E-state index in [2.05, 4.69) is 35.8 Å². The van der Waals surface area contributed by atoms with Gasteiger partial charge in [-0.2, -0.15) is 0 Å². The molecule has 30 heavy (non-hydrogen) atoms. The van der Waals surface area contributed by atoms with Crippen LogP contribution in [0.5, 0.6) is 0 Å². The summed E-state index contributed by atoms with van der Waals surface area (Å²) in [6.07, 6.45) is 10.5. The number of rotatable bonds is 9. The zero-order valence-electron chi connectivity index (χ0n) is 17.4. The van der Waals surface area contributed by atoms with E-state index in [1.165, 1.54) is 11.6 Å². The van der Waals surface area contributed by atoms with Crippen molar-refractivity contribution in [3.05, 3.63) is 96.5 Å². The smallest absolute Gasteiger partial charge is 0.131 e. The average molecular weight is 402 g/mol. The van der Waals surface area contributed by atoms with Crippen LogP contribution in [0, 0.1) is 5.82 Å². The first-order chi connectivity index (χ1) is 14.6. The molecular formula is C27H28FNO. The molecule has 0 saturated heterocycles. The van der Waals surface area contributed by atoms with E-state index in [-0.39, 0.29) is 11.9 Å². The van der Waals surface area contributed by atoms with Crippen LogP contribution in [0.1, 0.15) is 37.3 Å². The second kappa shape index (κ2) is 10.7. The number of pyridine rings is 1. The van der Waals surface area contributed by atoms with Gasteiger partial charge in [0.1, 0.15) is 5.82 Å². The molecule has 154 valence electrons. The first-order valence-electron chi connectivity index (χ1n) is 10.4. The Morgan fingerprint density at radius 2 is 1.77 bits per heavy atom. The average Bonchev–Trinajstić information content (AvgIpc) is 2.75. The van der Waals surface area contributed by atoms with Gasteiger partial charge in [-0.15, -0.1) is 6.58 Å². The van der Waals surface area contributed by atoms with Crippen molar-refractivity contribution in [3.8, 4) is 22.4 Å². The van der Waals surface area contributed by atoms with Gasteiger partial charge in [-0.3, -0.25) is 4.98 Å². The Hall–Kier alpha value is -3.04. The molecule has 0 saturated carbocycles. The molecule has 2 aromatic carbocycles. The van der Waals surface area contributed by atoms with Gasteiger partial charge in [0.25, 0.3) is 0 Å². The molecule has 3 heteroatoms. The number of hydrogen-bond acceptors (Lipinski definition) is 2. The van der Waals surface area contributed by atoms with Gasteiger partial charge in [0.15, 0.2) is 0 Å². The number of aromatic nitrogens is 1. The van der Waals surface area contributed by atoms with Crippen LogP contribution in [0.2, 0.25) is 0 Å². The standard InChI is InChI=1S/C27H28FNO/c1-3-7-21-10-12-22(13-11-21)25-16-17-27(29-19-25)24-15-14-23(26(28)18-24)9-6-4-5-8-20(2)30/h3,6,9-20,30H,1,4-5,7-8H2,2H3/b9-6+. The topological polar surface area (TPSA) is 33.1 Å². The highest BCUT2D eigenvalue weighted by molar-refractivity contribution is 5.68. The summed E-state index contributed by atoms with van der Waals surface area (Å²) in [5.74, 6) is -0.261. The van der Waals surface area contributed by atoms with E-state index >= 15 is 0 Å². The van der Waals surface area contributed by atoms with E-state index in [1.54, 1.807) is 19.1 Å². The summed E-state index contributed by atoms with van der Waals surface area (Å²) in [7, 11) is 0. The molecule has 2 nitrogen and oxygen atoms in total. The van der Waals surface area contributed by atoms with Gasteiger partial charge in [-0.1, -0.05) is 60.7 Å². The fourth-order valence-corrected chi connectivity index (χ4v) is 3.30. The lowest BCUT2D eigenvalue weighted by molar-refractivity contribution is 0.182. The summed E-state index contributed by atoms with van der Waals surface area (Å²) < 4.78 is 14.5. The highest BCUT2D eigenvalue weighted by atomic mass is 19.1. The molecule has 0 radical (unpaired) electrons. The fourth-order valence-electron chi connectivity index (χ4n) is 3.30. The summed E-state index contributed by atoms with van der Waals surface area (Å²) in [5, 5.41) is 9.27. The molecule has 3 rings (SSSR count). The van der Waals surface area contributed by atoms with Crippen LogP contribution in [-0.2, 0) is 6.42 Å². The molecule has 0 aliphatic heterocycles. The number of hydrogen-bond donors (Lipinski definition) is 1. The van der Waals surface area contributed by atoms with Crippen molar-refractivity contribution in [1.82, 2.24) is 4.98 Å². The van der Waals surface area contributed by atoms with Crippen molar-refractivity contribution in [1.29, 1.82) is 0 Å². The lowest BCUT2D eigenvalue weighted by atomic mass is 10.0. The molecular weight excluding hydrogens is 373 g/mol. The molecule has 1 heterocycles. The molecule has 3 aromatic rings. The SMILES string of the molecule is C=CCc1ccc(-c2ccc(-c3ccc(/C=C/CCCC(C)O)c(F)c3)nc2)cc1. The number of allylic oxidation sites excluding steroid dienone is 2. The molecule has 1 unspecified atom stereocenters. The molecule has 1 atom stereocenters. The van der Waals surface area contributed by atoms with Gasteiger partial charge in [0, 0.05) is 22.9 Å². The number of nitrogens with zero attached hydrogens (tertiary/aromatic N) is 1. The van der Waals surface area contributed by atoms with Crippen molar-refractivity contribution >= 4 is 6.08 Å². The van der Waals surface area contributed by atoms with Crippen LogP contribution in [0.4, 0.5) is 4.39 Å². The first kappa shape index (κ1) is 21.7. The van der Waals surface area contributed by atoms with E-state index in [0.717, 1.165) is 48.1 Å². The summed E-state index contributed by atoms with van der Waals surface area (Å²) >= 11 is 0. The molecule has 0 aliphatic rings. The predicted octanol–water partition coefficient (Wildman–Crippen LogP) is 6.85. The molecule has 1 N–H and O–H groups in total. The maximum absolute atomic E-state index is 14.5. The third-order valence-electron chi connectivity index (χ3n) is 5.02. The van der Waals surface area contributed by atoms with E-state index in [9.17, 15) is 9.50 Å². The Bertz CT molecular complexity index is 988. The van der Waals surface area contributed by atoms with E-state index in [4.69, 9.17) is 0 Å². The second-order valence-electron chi connectivity index (χ2n) is 7.54. The van der Waals surface area contributed by atoms with E-state index < -0.39 is 0 Å². The Morgan fingerprint density at radius 1 is 1.03 bits per heavy atom. The lowest BCUT2D eigenvalue weighted by Crippen LogP contribution is -1.97. The zero-order chi connectivity index (χ0) is 21.3. The van der Waals surface area contributed by atoms with Crippen LogP contribution in [0.3, 0.4) is 0 Å². The maximum Gasteiger partial charge on any atom is 0.131 e. The summed E-state index contributed by atoms with van der Waals surface area (Å²) in [6, 6.07) is 17.5. The van der Waals surface area contributed by atoms with Gasteiger partial charge in [0.2, 0.25) is 0 Å². The van der Waals surface area contributed by atoms with Crippen molar-refractivity contribution in [2.45, 2.75) is 38.7 Å². The number of aliphatic hydroxyl groups excluding tert-OH is 1. The van der Waals surface area contributed by atoms with Gasteiger partial charge in [-0.25, -0.2) is 4.39 Å². The fraction of sp³-hybridized carbons (Fsp3) is 0.222. The normalized spacial score (nSPS) is 12.2. The van der Waals surface area contributed by atoms with Gasteiger partial charge in [0.05, 0.1) is 11.8 Å². The third kappa shape index (κ3) is 5.98. The summed E-state index contributed by atoms with van der Waals surface area (Å²) in [4.78, 5) is 4.53. The number of benzene rings is 2. The maximum atomic E-state index is 14.5. The molecule has 0 bridgehead atoms. The second-order valence-corrected chi connectivity index (χ2v) is 7.54. The van der Waals surface area contributed by atoms with Crippen molar-refractivity contribution in [2.75, 3.05) is 0 Å². The highest BCUT2D eigenvalue weighted by Gasteiger charge is 2.06. The van der Waals surface area contributed by atoms with Crippen LogP contribution >= 0.6 is 0 Å². The van der Waals surface area contributed by atoms with Crippen molar-refractivity contribution < 1.29 is 9.50 Å². The van der Waals surface area contributed by atoms with Crippen molar-refractivity contribution in [2.24, 2.45) is 0 Å². The predicted molar refractivity (Wildman–Crippen MR) is 124 cm³/mol. The van der Waals surface area contributed by atoms with Gasteiger partial charge in [-0.05, 0) is 55.9 Å². The minimum atomic E-state index is -0.287. The molecule has 1 aromatic heterocycles. The highest BCUT2D eigenvalue weighted by Crippen LogP contribution is 2.25. The first-order valence-corrected chi connectivity index (χ1v) is 10.4. The van der Waals surface area contributed by atoms with Crippen LogP contribution in [0.25, 0.3) is 28.5 Å². The van der Waals surface area contributed by atoms with Crippen LogP contribution in [-0.4, -0.2) is 16.2 Å². The molecule has 0 aliphatic carbocycles.